The molecular weight excluding hydrogens is 320 g/mol. The Morgan fingerprint density at radius 3 is 2.52 bits per heavy atom. The number of amides is 2. The number of carbonyl (C=O) groups is 2. The van der Waals surface area contributed by atoms with Crippen molar-refractivity contribution in [3.8, 4) is 0 Å². The second kappa shape index (κ2) is 7.14. The SMILES string of the molecule is C[C@@H](O)[C@@H](C(N)=O)N1CC2(CCC(OCc3ccccc3)CC2)C1=O. The van der Waals surface area contributed by atoms with Crippen LogP contribution in [0.15, 0.2) is 30.3 Å². The highest BCUT2D eigenvalue weighted by Gasteiger charge is 2.56. The van der Waals surface area contributed by atoms with Crippen molar-refractivity contribution in [2.24, 2.45) is 11.1 Å². The van der Waals surface area contributed by atoms with Crippen LogP contribution in [0.25, 0.3) is 0 Å². The van der Waals surface area contributed by atoms with Crippen LogP contribution >= 0.6 is 0 Å². The molecule has 1 saturated heterocycles. The molecule has 1 saturated carbocycles. The molecule has 3 N–H and O–H groups in total. The molecule has 2 atom stereocenters. The second-order valence-electron chi connectivity index (χ2n) is 7.30. The van der Waals surface area contributed by atoms with Gasteiger partial charge in [-0.1, -0.05) is 30.3 Å². The molecule has 1 aliphatic heterocycles. The van der Waals surface area contributed by atoms with Gasteiger partial charge in [0.25, 0.3) is 0 Å². The van der Waals surface area contributed by atoms with E-state index in [9.17, 15) is 14.7 Å². The van der Waals surface area contributed by atoms with Crippen molar-refractivity contribution in [1.82, 2.24) is 4.90 Å². The summed E-state index contributed by atoms with van der Waals surface area (Å²) in [7, 11) is 0. The van der Waals surface area contributed by atoms with Crippen molar-refractivity contribution in [1.29, 1.82) is 0 Å². The van der Waals surface area contributed by atoms with E-state index in [4.69, 9.17) is 10.5 Å². The van der Waals surface area contributed by atoms with Gasteiger partial charge in [-0.2, -0.15) is 0 Å². The Hall–Kier alpha value is -1.92. The lowest BCUT2D eigenvalue weighted by Crippen LogP contribution is -2.69. The van der Waals surface area contributed by atoms with E-state index in [1.807, 2.05) is 30.3 Å². The molecule has 6 nitrogen and oxygen atoms in total. The number of likely N-dealkylation sites (tertiary alicyclic amines) is 1. The fourth-order valence-corrected chi connectivity index (χ4v) is 4.03. The minimum absolute atomic E-state index is 0.0568. The van der Waals surface area contributed by atoms with Gasteiger partial charge in [0.2, 0.25) is 11.8 Å². The Morgan fingerprint density at radius 2 is 2.00 bits per heavy atom. The van der Waals surface area contributed by atoms with Gasteiger partial charge in [-0.3, -0.25) is 9.59 Å². The number of hydrogen-bond acceptors (Lipinski definition) is 4. The monoisotopic (exact) mass is 346 g/mol. The minimum Gasteiger partial charge on any atom is -0.391 e. The van der Waals surface area contributed by atoms with Crippen molar-refractivity contribution < 1.29 is 19.4 Å². The highest BCUT2D eigenvalue weighted by Crippen LogP contribution is 2.46. The van der Waals surface area contributed by atoms with E-state index in [2.05, 4.69) is 0 Å². The molecule has 1 aliphatic carbocycles. The van der Waals surface area contributed by atoms with Gasteiger partial charge in [0.1, 0.15) is 6.04 Å². The zero-order chi connectivity index (χ0) is 18.0. The number of aliphatic hydroxyl groups is 1. The van der Waals surface area contributed by atoms with E-state index in [1.165, 1.54) is 11.8 Å². The zero-order valence-corrected chi connectivity index (χ0v) is 14.6. The van der Waals surface area contributed by atoms with Crippen LogP contribution in [0.4, 0.5) is 0 Å². The van der Waals surface area contributed by atoms with Gasteiger partial charge in [-0.25, -0.2) is 0 Å². The number of nitrogens with zero attached hydrogens (tertiary/aromatic N) is 1. The van der Waals surface area contributed by atoms with Crippen LogP contribution in [0.3, 0.4) is 0 Å². The Labute approximate surface area is 147 Å². The molecule has 2 fully saturated rings. The van der Waals surface area contributed by atoms with Gasteiger partial charge in [0.05, 0.1) is 24.2 Å². The summed E-state index contributed by atoms with van der Waals surface area (Å²) in [6, 6.07) is 9.12. The third kappa shape index (κ3) is 3.55. The molecule has 0 aromatic heterocycles. The highest BCUT2D eigenvalue weighted by molar-refractivity contribution is 5.94. The quantitative estimate of drug-likeness (QED) is 0.757. The summed E-state index contributed by atoms with van der Waals surface area (Å²) >= 11 is 0. The van der Waals surface area contributed by atoms with Crippen LogP contribution in [0.5, 0.6) is 0 Å². The average Bonchev–Trinajstić information content (AvgIpc) is 2.60. The van der Waals surface area contributed by atoms with Crippen LogP contribution in [0.1, 0.15) is 38.2 Å². The predicted octanol–water partition coefficient (Wildman–Crippen LogP) is 1.21. The fraction of sp³-hybridized carbons (Fsp3) is 0.579. The summed E-state index contributed by atoms with van der Waals surface area (Å²) < 4.78 is 5.98. The smallest absolute Gasteiger partial charge is 0.242 e. The van der Waals surface area contributed by atoms with Crippen molar-refractivity contribution in [3.05, 3.63) is 35.9 Å². The number of primary amides is 1. The average molecular weight is 346 g/mol. The van der Waals surface area contributed by atoms with Crippen molar-refractivity contribution in [3.63, 3.8) is 0 Å². The zero-order valence-electron chi connectivity index (χ0n) is 14.6. The summed E-state index contributed by atoms with van der Waals surface area (Å²) in [5, 5.41) is 9.73. The Kier molecular flexibility index (Phi) is 5.11. The summed E-state index contributed by atoms with van der Waals surface area (Å²) in [5.41, 5.74) is 6.09. The number of aliphatic hydroxyl groups excluding tert-OH is 1. The summed E-state index contributed by atoms with van der Waals surface area (Å²) in [6.45, 7) is 2.57. The first kappa shape index (κ1) is 17.9. The Bertz CT molecular complexity index is 624. The van der Waals surface area contributed by atoms with Crippen molar-refractivity contribution in [2.45, 2.75) is 57.5 Å². The van der Waals surface area contributed by atoms with E-state index < -0.39 is 23.5 Å². The lowest BCUT2D eigenvalue weighted by Gasteiger charge is -2.54. The first-order valence-electron chi connectivity index (χ1n) is 8.87. The molecule has 0 radical (unpaired) electrons. The van der Waals surface area contributed by atoms with Crippen LogP contribution < -0.4 is 5.73 Å². The second-order valence-corrected chi connectivity index (χ2v) is 7.30. The maximum atomic E-state index is 12.6. The minimum atomic E-state index is -0.954. The van der Waals surface area contributed by atoms with Gasteiger partial charge < -0.3 is 20.5 Å². The lowest BCUT2D eigenvalue weighted by molar-refractivity contribution is -0.177. The first-order valence-corrected chi connectivity index (χ1v) is 8.87. The number of benzene rings is 1. The van der Waals surface area contributed by atoms with E-state index in [0.29, 0.717) is 13.2 Å². The molecule has 136 valence electrons. The molecule has 25 heavy (non-hydrogen) atoms. The molecule has 6 heteroatoms. The van der Waals surface area contributed by atoms with Crippen LogP contribution in [0, 0.1) is 5.41 Å². The van der Waals surface area contributed by atoms with Crippen molar-refractivity contribution in [2.75, 3.05) is 6.54 Å². The van der Waals surface area contributed by atoms with Crippen LogP contribution in [0.2, 0.25) is 0 Å². The summed E-state index contributed by atoms with van der Waals surface area (Å²) in [5.74, 6) is -0.711. The number of rotatable bonds is 6. The van der Waals surface area contributed by atoms with Gasteiger partial charge in [-0.15, -0.1) is 0 Å². The van der Waals surface area contributed by atoms with E-state index in [1.54, 1.807) is 0 Å². The Balaban J connectivity index is 1.51. The molecular formula is C19H26N2O4. The normalized spacial score (nSPS) is 28.5. The number of nitrogens with two attached hydrogens (primary N) is 1. The molecule has 2 amide bonds. The number of ether oxygens (including phenoxy) is 1. The Morgan fingerprint density at radius 1 is 1.36 bits per heavy atom. The van der Waals surface area contributed by atoms with E-state index in [-0.39, 0.29) is 12.0 Å². The van der Waals surface area contributed by atoms with E-state index in [0.717, 1.165) is 31.2 Å². The summed E-state index contributed by atoms with van der Waals surface area (Å²) in [6.07, 6.45) is 2.39. The first-order chi connectivity index (χ1) is 11.9. The van der Waals surface area contributed by atoms with Gasteiger partial charge >= 0.3 is 0 Å². The summed E-state index contributed by atoms with van der Waals surface area (Å²) in [4.78, 5) is 25.6. The van der Waals surface area contributed by atoms with Crippen LogP contribution in [-0.2, 0) is 20.9 Å². The number of hydrogen-bond donors (Lipinski definition) is 2. The van der Waals surface area contributed by atoms with Gasteiger partial charge in [0.15, 0.2) is 0 Å². The standard InChI is InChI=1S/C19H26N2O4/c1-13(22)16(17(20)23)21-12-19(18(21)24)9-7-15(8-10-19)25-11-14-5-3-2-4-6-14/h2-6,13,15-16,22H,7-12H2,1H3,(H2,20,23)/t13-,15?,16+,19?/m1/s1. The fourth-order valence-electron chi connectivity index (χ4n) is 4.03. The molecule has 0 unspecified atom stereocenters. The molecule has 0 bridgehead atoms. The number of carbonyl (C=O) groups excluding carboxylic acids is 2. The lowest BCUT2D eigenvalue weighted by atomic mass is 9.66. The van der Waals surface area contributed by atoms with Crippen LogP contribution in [-0.4, -0.2) is 46.6 Å². The maximum Gasteiger partial charge on any atom is 0.242 e. The molecule has 3 rings (SSSR count). The molecule has 2 aliphatic rings. The topological polar surface area (TPSA) is 92.9 Å². The van der Waals surface area contributed by atoms with Crippen molar-refractivity contribution >= 4 is 11.8 Å². The number of β-lactam (4-membered cyclic amide) rings is 1. The molecule has 1 heterocycles. The van der Waals surface area contributed by atoms with Gasteiger partial charge in [0, 0.05) is 6.54 Å². The predicted molar refractivity (Wildman–Crippen MR) is 92.3 cm³/mol. The molecule has 1 spiro atoms. The molecule has 1 aromatic rings. The molecule has 1 aromatic carbocycles. The third-order valence-electron chi connectivity index (χ3n) is 5.49. The third-order valence-corrected chi connectivity index (χ3v) is 5.49. The largest absolute Gasteiger partial charge is 0.391 e. The maximum absolute atomic E-state index is 12.6. The van der Waals surface area contributed by atoms with Gasteiger partial charge in [-0.05, 0) is 38.2 Å². The highest BCUT2D eigenvalue weighted by atomic mass is 16.5. The van der Waals surface area contributed by atoms with E-state index >= 15 is 0 Å².